The first-order valence-electron chi connectivity index (χ1n) is 29.6. The number of rotatable bonds is 8. The van der Waals surface area contributed by atoms with Gasteiger partial charge in [-0.15, -0.1) is 0 Å². The molecule has 0 unspecified atom stereocenters. The number of anilines is 6. The maximum Gasteiger partial charge on any atom is 0.252 e. The van der Waals surface area contributed by atoms with Gasteiger partial charge in [0.25, 0.3) is 6.71 Å². The van der Waals surface area contributed by atoms with E-state index in [0.29, 0.717) is 0 Å². The summed E-state index contributed by atoms with van der Waals surface area (Å²) in [6.07, 6.45) is 2.19. The molecule has 0 radical (unpaired) electrons. The zero-order valence-electron chi connectivity index (χ0n) is 49.9. The Kier molecular flexibility index (Phi) is 11.8. The Morgan fingerprint density at radius 1 is 0.388 bits per heavy atom. The monoisotopic (exact) mass is 1040 g/mol. The summed E-state index contributed by atoms with van der Waals surface area (Å²) < 4.78 is 0. The van der Waals surface area contributed by atoms with Gasteiger partial charge in [0, 0.05) is 45.3 Å². The predicted molar refractivity (Wildman–Crippen MR) is 343 cm³/mol. The van der Waals surface area contributed by atoms with Gasteiger partial charge in [-0.3, -0.25) is 0 Å². The van der Waals surface area contributed by atoms with E-state index in [0.717, 1.165) is 12.8 Å². The van der Waals surface area contributed by atoms with Gasteiger partial charge in [0.05, 0.1) is 5.69 Å². The van der Waals surface area contributed by atoms with Gasteiger partial charge >= 0.3 is 0 Å². The molecule has 2 nitrogen and oxygen atoms in total. The van der Waals surface area contributed by atoms with E-state index in [-0.39, 0.29) is 45.1 Å². The number of hydrogen-bond donors (Lipinski definition) is 0. The van der Waals surface area contributed by atoms with Crippen molar-refractivity contribution >= 4 is 57.2 Å². The van der Waals surface area contributed by atoms with Crippen LogP contribution in [0.5, 0.6) is 0 Å². The Morgan fingerprint density at radius 2 is 0.838 bits per heavy atom. The minimum Gasteiger partial charge on any atom is -0.311 e. The number of hydrogen-bond acceptors (Lipinski definition) is 2. The second-order valence-corrected chi connectivity index (χ2v) is 28.5. The van der Waals surface area contributed by atoms with Crippen molar-refractivity contribution in [3.05, 3.63) is 255 Å². The molecule has 2 aliphatic heterocycles. The number of aryl methyl sites for hydroxylation is 1. The molecule has 4 aliphatic rings. The molecule has 3 heteroatoms. The summed E-state index contributed by atoms with van der Waals surface area (Å²) in [5.74, 6) is -0.0459. The van der Waals surface area contributed by atoms with Gasteiger partial charge in [0.15, 0.2) is 0 Å². The normalized spacial score (nSPS) is 17.0. The Hall–Kier alpha value is -7.36. The van der Waals surface area contributed by atoms with E-state index < -0.39 is 0 Å². The van der Waals surface area contributed by atoms with Gasteiger partial charge in [-0.2, -0.15) is 0 Å². The fourth-order valence-corrected chi connectivity index (χ4v) is 15.8. The highest BCUT2D eigenvalue weighted by Gasteiger charge is 2.50. The van der Waals surface area contributed by atoms with Crippen molar-refractivity contribution in [2.24, 2.45) is 0 Å². The van der Waals surface area contributed by atoms with Gasteiger partial charge < -0.3 is 9.80 Å². The molecule has 9 aromatic carbocycles. The molecular weight excluding hydrogens is 964 g/mol. The smallest absolute Gasteiger partial charge is 0.252 e. The van der Waals surface area contributed by atoms with Gasteiger partial charge in [-0.05, 0) is 172 Å². The third-order valence-electron chi connectivity index (χ3n) is 19.5. The first kappa shape index (κ1) is 52.0. The van der Waals surface area contributed by atoms with E-state index in [4.69, 9.17) is 0 Å². The van der Waals surface area contributed by atoms with E-state index in [2.05, 4.69) is 301 Å². The van der Waals surface area contributed by atoms with Crippen LogP contribution in [0.4, 0.5) is 34.1 Å². The maximum absolute atomic E-state index is 2.74. The quantitative estimate of drug-likeness (QED) is 0.111. The maximum atomic E-state index is 2.74. The molecule has 0 saturated heterocycles. The first-order valence-corrected chi connectivity index (χ1v) is 29.6. The highest BCUT2D eigenvalue weighted by molar-refractivity contribution is 7.00. The number of benzene rings is 9. The molecule has 0 saturated carbocycles. The number of nitrogens with zero attached hydrogens (tertiary/aromatic N) is 2. The molecule has 0 spiro atoms. The lowest BCUT2D eigenvalue weighted by Gasteiger charge is -2.46. The second kappa shape index (κ2) is 18.1. The van der Waals surface area contributed by atoms with Crippen molar-refractivity contribution in [1.82, 2.24) is 0 Å². The van der Waals surface area contributed by atoms with E-state index in [1.54, 1.807) is 0 Å². The number of fused-ring (bicyclic) bond motifs is 6. The lowest BCUT2D eigenvalue weighted by atomic mass is 9.33. The summed E-state index contributed by atoms with van der Waals surface area (Å²) in [6.45, 7) is 33.9. The Labute approximate surface area is 479 Å². The summed E-state index contributed by atoms with van der Waals surface area (Å²) in [4.78, 5) is 5.46. The fraction of sp³-hybridized carbons (Fsp3) is 0.299. The van der Waals surface area contributed by atoms with Crippen LogP contribution in [-0.2, 0) is 32.5 Å². The van der Waals surface area contributed by atoms with Crippen LogP contribution < -0.4 is 26.2 Å². The largest absolute Gasteiger partial charge is 0.311 e. The average Bonchev–Trinajstić information content (AvgIpc) is 3.84. The first-order chi connectivity index (χ1) is 37.9. The SMILES string of the molecule is Cc1cc2c(cc1N1c3ccc(C(C)(C)c4ccccc4)cc3B3c4cc5c(cc4N(c4ccc(C(C)(C)C)cc4-c4ccccc4)c4cc(C(c6ccccc6)c6ccccc6)cc1c43)C(C)(C)CC5(C)C)C(C)(C)CC2(C)C. The van der Waals surface area contributed by atoms with Crippen LogP contribution in [0.1, 0.15) is 170 Å². The van der Waals surface area contributed by atoms with Gasteiger partial charge in [-0.25, -0.2) is 0 Å². The highest BCUT2D eigenvalue weighted by atomic mass is 15.2. The summed E-state index contributed by atoms with van der Waals surface area (Å²) in [6, 6.07) is 75.6. The third-order valence-corrected chi connectivity index (χ3v) is 19.5. The Morgan fingerprint density at radius 3 is 1.39 bits per heavy atom. The van der Waals surface area contributed by atoms with Crippen LogP contribution in [0.3, 0.4) is 0 Å². The molecular formula is C77H79BN2. The standard InChI is InChI=1S/C77H79BN2/c1-49-39-58-60(75(9,10)47-73(58,5)6)45-66(49)80-65-38-36-56(77(13,14)54-33-25-18-26-34-54)43-62(65)78-63-44-59-61(76(11,12)48-74(59,7)8)46-67(63)79(64-37-35-55(72(2,3)4)42-57(64)50-27-19-15-20-28-50)68-40-53(41-69(80)71(68)78)70(51-29-21-16-22-30-51)52-31-23-17-24-32-52/h15-46,70H,47-48H2,1-14H3. The summed E-state index contributed by atoms with van der Waals surface area (Å²) in [7, 11) is 0. The third kappa shape index (κ3) is 8.18. The van der Waals surface area contributed by atoms with Crippen molar-refractivity contribution in [3.63, 3.8) is 0 Å². The lowest BCUT2D eigenvalue weighted by molar-refractivity contribution is 0.402. The Bertz CT molecular complexity index is 3870. The molecule has 0 aromatic heterocycles. The van der Waals surface area contributed by atoms with Crippen molar-refractivity contribution in [2.75, 3.05) is 9.80 Å². The van der Waals surface area contributed by atoms with Crippen LogP contribution >= 0.6 is 0 Å². The zero-order chi connectivity index (χ0) is 56.1. The van der Waals surface area contributed by atoms with Crippen LogP contribution in [0.25, 0.3) is 11.1 Å². The molecule has 0 atom stereocenters. The van der Waals surface area contributed by atoms with Crippen LogP contribution in [0.2, 0.25) is 0 Å². The fourth-order valence-electron chi connectivity index (χ4n) is 15.8. The Balaban J connectivity index is 1.21. The molecule has 2 aliphatic carbocycles. The highest BCUT2D eigenvalue weighted by Crippen LogP contribution is 2.56. The minimum absolute atomic E-state index is 0.00272. The molecule has 9 aromatic rings. The average molecular weight is 1040 g/mol. The van der Waals surface area contributed by atoms with Crippen LogP contribution in [-0.4, -0.2) is 6.71 Å². The van der Waals surface area contributed by atoms with E-state index in [1.807, 2.05) is 0 Å². The molecule has 0 fully saturated rings. The topological polar surface area (TPSA) is 6.48 Å². The summed E-state index contributed by atoms with van der Waals surface area (Å²) in [5, 5.41) is 0. The summed E-state index contributed by atoms with van der Waals surface area (Å²) in [5.41, 5.74) is 28.7. The second-order valence-electron chi connectivity index (χ2n) is 28.5. The molecule has 0 N–H and O–H groups in total. The molecule has 80 heavy (non-hydrogen) atoms. The summed E-state index contributed by atoms with van der Waals surface area (Å²) >= 11 is 0. The zero-order valence-corrected chi connectivity index (χ0v) is 49.9. The van der Waals surface area contributed by atoms with Crippen molar-refractivity contribution in [1.29, 1.82) is 0 Å². The van der Waals surface area contributed by atoms with Crippen molar-refractivity contribution < 1.29 is 0 Å². The van der Waals surface area contributed by atoms with E-state index in [9.17, 15) is 0 Å². The molecule has 0 bridgehead atoms. The molecule has 2 heterocycles. The molecule has 13 rings (SSSR count). The lowest BCUT2D eigenvalue weighted by Crippen LogP contribution is -2.62. The van der Waals surface area contributed by atoms with Gasteiger partial charge in [-0.1, -0.05) is 242 Å². The van der Waals surface area contributed by atoms with Gasteiger partial charge in [0.2, 0.25) is 0 Å². The van der Waals surface area contributed by atoms with E-state index >= 15 is 0 Å². The molecule has 400 valence electrons. The van der Waals surface area contributed by atoms with Crippen molar-refractivity contribution in [2.45, 2.75) is 148 Å². The van der Waals surface area contributed by atoms with Gasteiger partial charge in [0.1, 0.15) is 0 Å². The van der Waals surface area contributed by atoms with Crippen molar-refractivity contribution in [3.8, 4) is 11.1 Å². The predicted octanol–water partition coefficient (Wildman–Crippen LogP) is 18.5. The van der Waals surface area contributed by atoms with Crippen LogP contribution in [0.15, 0.2) is 194 Å². The molecule has 0 amide bonds. The van der Waals surface area contributed by atoms with E-state index in [1.165, 1.54) is 123 Å². The minimum atomic E-state index is -0.265. The van der Waals surface area contributed by atoms with Crippen LogP contribution in [0, 0.1) is 6.92 Å².